The molecule has 1 fully saturated rings. The number of aliphatic hydroxyl groups is 1. The van der Waals surface area contributed by atoms with Crippen LogP contribution in [0.15, 0.2) is 64.6 Å². The average Bonchev–Trinajstić information content (AvgIpc) is 3.40. The first-order valence-electron chi connectivity index (χ1n) is 11.6. The normalized spacial score (nSPS) is 19.4. The van der Waals surface area contributed by atoms with Crippen molar-refractivity contribution in [3.05, 3.63) is 93.9 Å². The van der Waals surface area contributed by atoms with Gasteiger partial charge >= 0.3 is 0 Å². The minimum Gasteiger partial charge on any atom is -0.507 e. The van der Waals surface area contributed by atoms with Crippen LogP contribution in [0.1, 0.15) is 52.7 Å². The second-order valence-electron chi connectivity index (χ2n) is 8.91. The van der Waals surface area contributed by atoms with Crippen LogP contribution in [-0.4, -0.2) is 28.8 Å². The standard InChI is InChI=1S/C28H27NO5/c1-17-7-14-23(34-17)25-24(26(30)21-11-10-19-5-3-4-6-20(19)15-21)27(31)28(32)29(25)16-18-8-12-22(33-2)13-9-18/h7-15,25,30H,3-6,16H2,1-2H3/b26-24-. The number of carbonyl (C=O) groups excluding carboxylic acids is 2. The third-order valence-corrected chi connectivity index (χ3v) is 6.70. The zero-order valence-electron chi connectivity index (χ0n) is 19.3. The van der Waals surface area contributed by atoms with E-state index in [1.807, 2.05) is 49.4 Å². The topological polar surface area (TPSA) is 80.0 Å². The van der Waals surface area contributed by atoms with E-state index in [0.717, 1.165) is 31.2 Å². The molecule has 5 rings (SSSR count). The molecule has 1 aliphatic heterocycles. The highest BCUT2D eigenvalue weighted by atomic mass is 16.5. The summed E-state index contributed by atoms with van der Waals surface area (Å²) in [6, 6.07) is 15.9. The van der Waals surface area contributed by atoms with Gasteiger partial charge in [-0.05, 0) is 79.6 Å². The number of carbonyl (C=O) groups is 2. The number of likely N-dealkylation sites (tertiary alicyclic amines) is 1. The van der Waals surface area contributed by atoms with Gasteiger partial charge in [0.1, 0.15) is 29.1 Å². The van der Waals surface area contributed by atoms with Crippen LogP contribution in [0.4, 0.5) is 0 Å². The molecule has 6 heteroatoms. The van der Waals surface area contributed by atoms with Crippen molar-refractivity contribution in [2.45, 2.75) is 45.2 Å². The number of hydrogen-bond acceptors (Lipinski definition) is 5. The number of fused-ring (bicyclic) bond motifs is 1. The number of ketones is 1. The molecule has 1 amide bonds. The van der Waals surface area contributed by atoms with Crippen molar-refractivity contribution in [1.82, 2.24) is 4.90 Å². The first-order chi connectivity index (χ1) is 16.5. The van der Waals surface area contributed by atoms with Gasteiger partial charge in [-0.1, -0.05) is 24.3 Å². The number of benzene rings is 2. The number of amides is 1. The van der Waals surface area contributed by atoms with E-state index in [4.69, 9.17) is 9.15 Å². The quantitative estimate of drug-likeness (QED) is 0.328. The number of aryl methyl sites for hydroxylation is 3. The van der Waals surface area contributed by atoms with Crippen LogP contribution >= 0.6 is 0 Å². The number of furan rings is 1. The number of nitrogens with zero attached hydrogens (tertiary/aromatic N) is 1. The van der Waals surface area contributed by atoms with Crippen molar-refractivity contribution in [1.29, 1.82) is 0 Å². The van der Waals surface area contributed by atoms with E-state index in [1.54, 1.807) is 19.2 Å². The lowest BCUT2D eigenvalue weighted by Gasteiger charge is -2.23. The van der Waals surface area contributed by atoms with Gasteiger partial charge in [-0.3, -0.25) is 9.59 Å². The van der Waals surface area contributed by atoms with Gasteiger partial charge in [0.15, 0.2) is 0 Å². The van der Waals surface area contributed by atoms with E-state index >= 15 is 0 Å². The summed E-state index contributed by atoms with van der Waals surface area (Å²) in [5, 5.41) is 11.3. The molecule has 1 unspecified atom stereocenters. The Labute approximate surface area is 198 Å². The Hall–Kier alpha value is -3.80. The van der Waals surface area contributed by atoms with Crippen molar-refractivity contribution >= 4 is 17.4 Å². The summed E-state index contributed by atoms with van der Waals surface area (Å²) in [5.74, 6) is 0.292. The second-order valence-corrected chi connectivity index (χ2v) is 8.91. The molecule has 1 saturated heterocycles. The minimum atomic E-state index is -0.813. The lowest BCUT2D eigenvalue weighted by Crippen LogP contribution is -2.29. The van der Waals surface area contributed by atoms with Crippen LogP contribution in [-0.2, 0) is 29.0 Å². The van der Waals surface area contributed by atoms with Gasteiger partial charge in [-0.2, -0.15) is 0 Å². The highest BCUT2D eigenvalue weighted by Gasteiger charge is 2.47. The summed E-state index contributed by atoms with van der Waals surface area (Å²) in [6.45, 7) is 2.00. The fraction of sp³-hybridized carbons (Fsp3) is 0.286. The molecular formula is C28H27NO5. The molecular weight excluding hydrogens is 430 g/mol. The molecule has 0 bridgehead atoms. The van der Waals surface area contributed by atoms with Crippen LogP contribution in [0.25, 0.3) is 5.76 Å². The molecule has 34 heavy (non-hydrogen) atoms. The molecule has 3 aromatic rings. The molecule has 174 valence electrons. The number of hydrogen-bond donors (Lipinski definition) is 1. The summed E-state index contributed by atoms with van der Waals surface area (Å²) < 4.78 is 11.1. The molecule has 1 N–H and O–H groups in total. The first-order valence-corrected chi connectivity index (χ1v) is 11.6. The molecule has 6 nitrogen and oxygen atoms in total. The molecule has 0 radical (unpaired) electrons. The SMILES string of the molecule is COc1ccc(CN2C(=O)C(=O)/C(=C(\O)c3ccc4c(c3)CCCC4)C2c2ccc(C)o2)cc1. The van der Waals surface area contributed by atoms with Crippen LogP contribution < -0.4 is 4.74 Å². The summed E-state index contributed by atoms with van der Waals surface area (Å²) in [7, 11) is 1.59. The fourth-order valence-electron chi connectivity index (χ4n) is 4.90. The number of ether oxygens (including phenoxy) is 1. The van der Waals surface area contributed by atoms with Gasteiger partial charge < -0.3 is 19.2 Å². The van der Waals surface area contributed by atoms with Gasteiger partial charge in [0, 0.05) is 12.1 Å². The van der Waals surface area contributed by atoms with E-state index in [9.17, 15) is 14.7 Å². The highest BCUT2D eigenvalue weighted by molar-refractivity contribution is 6.46. The largest absolute Gasteiger partial charge is 0.507 e. The van der Waals surface area contributed by atoms with Crippen LogP contribution in [0.2, 0.25) is 0 Å². The van der Waals surface area contributed by atoms with E-state index in [2.05, 4.69) is 0 Å². The number of methoxy groups -OCH3 is 1. The summed E-state index contributed by atoms with van der Waals surface area (Å²) in [4.78, 5) is 27.9. The fourth-order valence-corrected chi connectivity index (χ4v) is 4.90. The zero-order valence-corrected chi connectivity index (χ0v) is 19.3. The van der Waals surface area contributed by atoms with E-state index in [-0.39, 0.29) is 17.9 Å². The average molecular weight is 458 g/mol. The van der Waals surface area contributed by atoms with E-state index < -0.39 is 17.7 Å². The lowest BCUT2D eigenvalue weighted by atomic mass is 9.89. The van der Waals surface area contributed by atoms with Crippen molar-refractivity contribution in [2.75, 3.05) is 7.11 Å². The molecule has 1 aromatic heterocycles. The number of Topliss-reactive ketones (excluding diaryl/α,β-unsaturated/α-hetero) is 1. The minimum absolute atomic E-state index is 0.0589. The number of aliphatic hydroxyl groups excluding tert-OH is 1. The van der Waals surface area contributed by atoms with Crippen molar-refractivity contribution in [2.24, 2.45) is 0 Å². The maximum Gasteiger partial charge on any atom is 0.296 e. The predicted octanol–water partition coefficient (Wildman–Crippen LogP) is 5.10. The second kappa shape index (κ2) is 8.86. The Balaban J connectivity index is 1.59. The molecule has 2 aliphatic rings. The van der Waals surface area contributed by atoms with Gasteiger partial charge in [-0.15, -0.1) is 0 Å². The van der Waals surface area contributed by atoms with Crippen molar-refractivity contribution in [3.63, 3.8) is 0 Å². The van der Waals surface area contributed by atoms with Gasteiger partial charge in [0.2, 0.25) is 0 Å². The first kappa shape index (κ1) is 22.0. The lowest BCUT2D eigenvalue weighted by molar-refractivity contribution is -0.140. The maximum atomic E-state index is 13.2. The van der Waals surface area contributed by atoms with Crippen LogP contribution in [0.3, 0.4) is 0 Å². The number of rotatable bonds is 5. The van der Waals surface area contributed by atoms with Gasteiger partial charge in [0.25, 0.3) is 11.7 Å². The molecule has 2 heterocycles. The summed E-state index contributed by atoms with van der Waals surface area (Å²) >= 11 is 0. The van der Waals surface area contributed by atoms with Crippen molar-refractivity contribution < 1.29 is 23.8 Å². The molecule has 0 spiro atoms. The Morgan fingerprint density at radius 3 is 2.44 bits per heavy atom. The highest BCUT2D eigenvalue weighted by Crippen LogP contribution is 2.41. The smallest absolute Gasteiger partial charge is 0.296 e. The van der Waals surface area contributed by atoms with Crippen LogP contribution in [0.5, 0.6) is 5.75 Å². The Kier molecular flexibility index (Phi) is 5.74. The van der Waals surface area contributed by atoms with Gasteiger partial charge in [0.05, 0.1) is 12.7 Å². The molecule has 2 aromatic carbocycles. The van der Waals surface area contributed by atoms with Crippen molar-refractivity contribution in [3.8, 4) is 5.75 Å². The van der Waals surface area contributed by atoms with E-state index in [1.165, 1.54) is 16.0 Å². The van der Waals surface area contributed by atoms with Crippen LogP contribution in [0, 0.1) is 6.92 Å². The van der Waals surface area contributed by atoms with Gasteiger partial charge in [-0.25, -0.2) is 0 Å². The monoisotopic (exact) mass is 457 g/mol. The Morgan fingerprint density at radius 2 is 1.76 bits per heavy atom. The zero-order chi connectivity index (χ0) is 23.8. The Morgan fingerprint density at radius 1 is 1.03 bits per heavy atom. The summed E-state index contributed by atoms with van der Waals surface area (Å²) in [5.41, 5.74) is 3.92. The molecule has 1 atom stereocenters. The predicted molar refractivity (Wildman–Crippen MR) is 127 cm³/mol. The third kappa shape index (κ3) is 3.89. The third-order valence-electron chi connectivity index (χ3n) is 6.70. The summed E-state index contributed by atoms with van der Waals surface area (Å²) in [6.07, 6.45) is 4.24. The van der Waals surface area contributed by atoms with E-state index in [0.29, 0.717) is 22.8 Å². The Bertz CT molecular complexity index is 1280. The molecule has 1 aliphatic carbocycles. The molecule has 0 saturated carbocycles. The maximum absolute atomic E-state index is 13.2.